The van der Waals surface area contributed by atoms with E-state index in [2.05, 4.69) is 9.97 Å². The molecular weight excluding hydrogens is 233 g/mol. The fourth-order valence-corrected chi connectivity index (χ4v) is 2.43. The van der Waals surface area contributed by atoms with E-state index in [1.165, 1.54) is 6.07 Å². The first-order valence-corrected chi connectivity index (χ1v) is 6.05. The van der Waals surface area contributed by atoms with Crippen molar-refractivity contribution in [1.29, 1.82) is 0 Å². The second-order valence-electron chi connectivity index (χ2n) is 4.52. The van der Waals surface area contributed by atoms with Crippen LogP contribution in [0, 0.1) is 5.82 Å². The number of hydrogen-bond donors (Lipinski definition) is 1. The number of para-hydroxylation sites is 1. The molecule has 0 bridgehead atoms. The Balaban J connectivity index is 2.18. The predicted octanol–water partition coefficient (Wildman–Crippen LogP) is 2.25. The summed E-state index contributed by atoms with van der Waals surface area (Å²) >= 11 is 0. The maximum atomic E-state index is 13.7. The van der Waals surface area contributed by atoms with Crippen LogP contribution in [0.25, 0.3) is 10.9 Å². The van der Waals surface area contributed by atoms with Gasteiger partial charge in [-0.3, -0.25) is 0 Å². The molecule has 18 heavy (non-hydrogen) atoms. The summed E-state index contributed by atoms with van der Waals surface area (Å²) in [5.41, 5.74) is 6.77. The van der Waals surface area contributed by atoms with E-state index < -0.39 is 0 Å². The number of hydrogen-bond acceptors (Lipinski definition) is 4. The Bertz CT molecular complexity index is 582. The van der Waals surface area contributed by atoms with Crippen molar-refractivity contribution in [1.82, 2.24) is 9.97 Å². The van der Waals surface area contributed by atoms with E-state index in [4.69, 9.17) is 10.5 Å². The van der Waals surface area contributed by atoms with E-state index in [9.17, 15) is 4.39 Å². The van der Waals surface area contributed by atoms with Gasteiger partial charge in [0, 0.05) is 17.9 Å². The van der Waals surface area contributed by atoms with Gasteiger partial charge in [-0.2, -0.15) is 0 Å². The summed E-state index contributed by atoms with van der Waals surface area (Å²) in [6.45, 7) is 1.39. The Kier molecular flexibility index (Phi) is 2.83. The number of ether oxygens (including phenoxy) is 1. The molecule has 1 fully saturated rings. The van der Waals surface area contributed by atoms with Crippen molar-refractivity contribution in [2.24, 2.45) is 0 Å². The van der Waals surface area contributed by atoms with E-state index in [1.807, 2.05) is 6.07 Å². The van der Waals surface area contributed by atoms with Crippen molar-refractivity contribution in [2.75, 3.05) is 18.9 Å². The van der Waals surface area contributed by atoms with Gasteiger partial charge in [-0.1, -0.05) is 12.1 Å². The fourth-order valence-electron chi connectivity index (χ4n) is 2.43. The quantitative estimate of drug-likeness (QED) is 0.839. The molecular formula is C13H14FN3O. The van der Waals surface area contributed by atoms with Crippen molar-refractivity contribution in [3.05, 3.63) is 29.7 Å². The Morgan fingerprint density at radius 1 is 1.33 bits per heavy atom. The summed E-state index contributed by atoms with van der Waals surface area (Å²) < 4.78 is 19.2. The molecule has 5 heteroatoms. The van der Waals surface area contributed by atoms with Crippen LogP contribution in [-0.4, -0.2) is 23.2 Å². The van der Waals surface area contributed by atoms with Crippen LogP contribution in [0.1, 0.15) is 24.5 Å². The second kappa shape index (κ2) is 4.49. The molecule has 1 aromatic carbocycles. The minimum Gasteiger partial charge on any atom is -0.381 e. The summed E-state index contributed by atoms with van der Waals surface area (Å²) in [6, 6.07) is 4.89. The van der Waals surface area contributed by atoms with Gasteiger partial charge in [-0.25, -0.2) is 14.4 Å². The number of halogens is 1. The third-order valence-corrected chi connectivity index (χ3v) is 3.27. The number of fused-ring (bicyclic) bond motifs is 1. The molecule has 2 heterocycles. The van der Waals surface area contributed by atoms with Gasteiger partial charge in [-0.15, -0.1) is 0 Å². The molecule has 1 atom stereocenters. The Morgan fingerprint density at radius 3 is 3.00 bits per heavy atom. The molecule has 2 N–H and O–H groups in total. The number of nitrogens with two attached hydrogens (primary N) is 1. The van der Waals surface area contributed by atoms with Gasteiger partial charge < -0.3 is 10.5 Å². The number of nitrogen functional groups attached to an aromatic ring is 1. The molecule has 0 radical (unpaired) electrons. The highest BCUT2D eigenvalue weighted by molar-refractivity contribution is 5.82. The summed E-state index contributed by atoms with van der Waals surface area (Å²) in [6.07, 6.45) is 1.98. The third-order valence-electron chi connectivity index (χ3n) is 3.27. The van der Waals surface area contributed by atoms with Crippen LogP contribution in [0.15, 0.2) is 18.2 Å². The number of nitrogens with zero attached hydrogens (tertiary/aromatic N) is 2. The Morgan fingerprint density at radius 2 is 2.22 bits per heavy atom. The van der Waals surface area contributed by atoms with Gasteiger partial charge in [0.1, 0.15) is 11.3 Å². The molecule has 94 valence electrons. The minimum atomic E-state index is -0.362. The van der Waals surface area contributed by atoms with Crippen molar-refractivity contribution >= 4 is 16.9 Å². The van der Waals surface area contributed by atoms with Crippen molar-refractivity contribution in [2.45, 2.75) is 18.8 Å². The summed E-state index contributed by atoms with van der Waals surface area (Å²) in [7, 11) is 0. The molecule has 4 nitrogen and oxygen atoms in total. The molecule has 0 saturated carbocycles. The Labute approximate surface area is 104 Å². The monoisotopic (exact) mass is 247 g/mol. The maximum absolute atomic E-state index is 13.7. The molecule has 2 aromatic rings. The summed E-state index contributed by atoms with van der Waals surface area (Å²) in [5.74, 6) is -0.0684. The highest BCUT2D eigenvalue weighted by atomic mass is 19.1. The first-order valence-electron chi connectivity index (χ1n) is 6.05. The third kappa shape index (κ3) is 1.90. The lowest BCUT2D eigenvalue weighted by Crippen LogP contribution is -2.18. The lowest BCUT2D eigenvalue weighted by Gasteiger charge is -2.22. The van der Waals surface area contributed by atoms with Crippen LogP contribution >= 0.6 is 0 Å². The van der Waals surface area contributed by atoms with Crippen LogP contribution in [0.4, 0.5) is 10.3 Å². The average Bonchev–Trinajstić information content (AvgIpc) is 2.40. The highest BCUT2D eigenvalue weighted by Gasteiger charge is 2.21. The molecule has 1 aromatic heterocycles. The zero-order valence-electron chi connectivity index (χ0n) is 9.90. The molecule has 0 aliphatic carbocycles. The van der Waals surface area contributed by atoms with E-state index in [-0.39, 0.29) is 17.7 Å². The zero-order valence-corrected chi connectivity index (χ0v) is 9.90. The van der Waals surface area contributed by atoms with Crippen molar-refractivity contribution in [3.8, 4) is 0 Å². The average molecular weight is 247 g/mol. The van der Waals surface area contributed by atoms with Crippen LogP contribution < -0.4 is 5.73 Å². The standard InChI is InChI=1S/C13H14FN3O/c14-10-5-1-4-9-11(8-3-2-6-18-7-8)16-13(15)17-12(9)10/h1,4-5,8H,2-3,6-7H2,(H2,15,16,17). The molecule has 0 amide bonds. The summed E-state index contributed by atoms with van der Waals surface area (Å²) in [4.78, 5) is 8.27. The van der Waals surface area contributed by atoms with Gasteiger partial charge >= 0.3 is 0 Å². The van der Waals surface area contributed by atoms with Crippen LogP contribution in [0.3, 0.4) is 0 Å². The fraction of sp³-hybridized carbons (Fsp3) is 0.385. The first-order chi connectivity index (χ1) is 8.75. The summed E-state index contributed by atoms with van der Waals surface area (Å²) in [5, 5.41) is 0.736. The van der Waals surface area contributed by atoms with Crippen molar-refractivity contribution in [3.63, 3.8) is 0 Å². The highest BCUT2D eigenvalue weighted by Crippen LogP contribution is 2.30. The lowest BCUT2D eigenvalue weighted by atomic mass is 9.95. The first kappa shape index (κ1) is 11.3. The predicted molar refractivity (Wildman–Crippen MR) is 66.7 cm³/mol. The van der Waals surface area contributed by atoms with Crippen LogP contribution in [0.2, 0.25) is 0 Å². The second-order valence-corrected chi connectivity index (χ2v) is 4.52. The van der Waals surface area contributed by atoms with Crippen LogP contribution in [-0.2, 0) is 4.74 Å². The maximum Gasteiger partial charge on any atom is 0.220 e. The van der Waals surface area contributed by atoms with Gasteiger partial charge in [0.2, 0.25) is 5.95 Å². The smallest absolute Gasteiger partial charge is 0.220 e. The molecule has 1 saturated heterocycles. The largest absolute Gasteiger partial charge is 0.381 e. The van der Waals surface area contributed by atoms with Gasteiger partial charge in [-0.05, 0) is 18.9 Å². The SMILES string of the molecule is Nc1nc(C2CCCOC2)c2cccc(F)c2n1. The van der Waals surface area contributed by atoms with Crippen LogP contribution in [0.5, 0.6) is 0 Å². The number of anilines is 1. The molecule has 1 aliphatic rings. The number of benzene rings is 1. The lowest BCUT2D eigenvalue weighted by molar-refractivity contribution is 0.0797. The minimum absolute atomic E-state index is 0.119. The molecule has 1 unspecified atom stereocenters. The topological polar surface area (TPSA) is 61.0 Å². The zero-order chi connectivity index (χ0) is 12.5. The molecule has 1 aliphatic heterocycles. The normalized spacial score (nSPS) is 20.2. The van der Waals surface area contributed by atoms with Gasteiger partial charge in [0.15, 0.2) is 0 Å². The van der Waals surface area contributed by atoms with Crippen molar-refractivity contribution < 1.29 is 9.13 Å². The van der Waals surface area contributed by atoms with Gasteiger partial charge in [0.05, 0.1) is 12.3 Å². The molecule has 3 rings (SSSR count). The molecule has 0 spiro atoms. The van der Waals surface area contributed by atoms with E-state index in [0.29, 0.717) is 12.1 Å². The van der Waals surface area contributed by atoms with E-state index >= 15 is 0 Å². The number of rotatable bonds is 1. The number of aromatic nitrogens is 2. The van der Waals surface area contributed by atoms with Gasteiger partial charge in [0.25, 0.3) is 0 Å². The van der Waals surface area contributed by atoms with E-state index in [0.717, 1.165) is 30.5 Å². The van der Waals surface area contributed by atoms with E-state index in [1.54, 1.807) is 6.07 Å². The Hall–Kier alpha value is -1.75.